The third-order valence-electron chi connectivity index (χ3n) is 6.97. The highest BCUT2D eigenvalue weighted by atomic mass is 16.5. The molecular formula is C25H28N2O5. The summed E-state index contributed by atoms with van der Waals surface area (Å²) >= 11 is 0. The second kappa shape index (κ2) is 7.97. The molecule has 1 saturated carbocycles. The van der Waals surface area contributed by atoms with Gasteiger partial charge in [-0.3, -0.25) is 4.79 Å². The van der Waals surface area contributed by atoms with E-state index in [0.29, 0.717) is 19.3 Å². The summed E-state index contributed by atoms with van der Waals surface area (Å²) in [5.74, 6) is -1.54. The molecule has 0 bridgehead atoms. The lowest BCUT2D eigenvalue weighted by Crippen LogP contribution is -2.60. The van der Waals surface area contributed by atoms with Gasteiger partial charge in [0.15, 0.2) is 0 Å². The van der Waals surface area contributed by atoms with Crippen molar-refractivity contribution < 1.29 is 24.2 Å². The van der Waals surface area contributed by atoms with E-state index >= 15 is 0 Å². The van der Waals surface area contributed by atoms with Gasteiger partial charge in [0.05, 0.1) is 0 Å². The number of alkyl carbamates (subject to hydrolysis) is 1. The number of amides is 2. The Morgan fingerprint density at radius 3 is 2.09 bits per heavy atom. The Bertz CT molecular complexity index is 1030. The average molecular weight is 437 g/mol. The van der Waals surface area contributed by atoms with Crippen LogP contribution in [-0.2, 0) is 14.3 Å². The summed E-state index contributed by atoms with van der Waals surface area (Å²) in [4.78, 5) is 38.7. The highest BCUT2D eigenvalue weighted by Gasteiger charge is 2.57. The summed E-state index contributed by atoms with van der Waals surface area (Å²) in [6.07, 6.45) is 0.430. The van der Waals surface area contributed by atoms with Gasteiger partial charge in [-0.15, -0.1) is 0 Å². The van der Waals surface area contributed by atoms with E-state index in [2.05, 4.69) is 17.4 Å². The number of fused-ring (bicyclic) bond motifs is 3. The average Bonchev–Trinajstić information content (AvgIpc) is 3.55. The molecule has 4 rings (SSSR count). The molecule has 2 amide bonds. The predicted molar refractivity (Wildman–Crippen MR) is 119 cm³/mol. The Kier molecular flexibility index (Phi) is 5.44. The van der Waals surface area contributed by atoms with Crippen molar-refractivity contribution in [1.29, 1.82) is 0 Å². The van der Waals surface area contributed by atoms with Gasteiger partial charge in [-0.05, 0) is 48.4 Å². The molecule has 2 aliphatic carbocycles. The fourth-order valence-corrected chi connectivity index (χ4v) is 4.53. The Hall–Kier alpha value is -3.35. The first kappa shape index (κ1) is 21.9. The Morgan fingerprint density at radius 1 is 1.09 bits per heavy atom. The van der Waals surface area contributed by atoms with Crippen LogP contribution in [0, 0.1) is 0 Å². The number of likely N-dealkylation sites (N-methyl/N-ethyl adjacent to an activating group) is 1. The molecule has 0 aromatic heterocycles. The van der Waals surface area contributed by atoms with Gasteiger partial charge in [-0.2, -0.15) is 0 Å². The Labute approximate surface area is 187 Å². The zero-order chi connectivity index (χ0) is 23.1. The van der Waals surface area contributed by atoms with E-state index in [9.17, 15) is 19.5 Å². The highest BCUT2D eigenvalue weighted by molar-refractivity contribution is 5.95. The standard InChI is InChI=1S/C25H28N2O5/c1-4-24(2,21(28)27(3)25(13-14-25)22(29)30)26-23(31)32-15-20-18-11-7-5-9-16(18)17-10-6-8-12-19(17)20/h5-12,20H,4,13-15H2,1-3H3,(H,26,31)(H,29,30). The third kappa shape index (κ3) is 3.51. The minimum Gasteiger partial charge on any atom is -0.479 e. The van der Waals surface area contributed by atoms with Crippen LogP contribution in [0.5, 0.6) is 0 Å². The highest BCUT2D eigenvalue weighted by Crippen LogP contribution is 2.45. The van der Waals surface area contributed by atoms with Gasteiger partial charge >= 0.3 is 12.1 Å². The zero-order valence-corrected chi connectivity index (χ0v) is 18.6. The smallest absolute Gasteiger partial charge is 0.408 e. The number of carboxylic acids is 1. The van der Waals surface area contributed by atoms with Crippen LogP contribution in [0.3, 0.4) is 0 Å². The van der Waals surface area contributed by atoms with Crippen LogP contribution in [-0.4, -0.2) is 52.7 Å². The Balaban J connectivity index is 1.45. The molecule has 2 aromatic rings. The third-order valence-corrected chi connectivity index (χ3v) is 6.97. The van der Waals surface area contributed by atoms with Gasteiger partial charge in [0.25, 0.3) is 0 Å². The number of benzene rings is 2. The number of carbonyl (C=O) groups excluding carboxylic acids is 2. The van der Waals surface area contributed by atoms with Gasteiger partial charge < -0.3 is 20.1 Å². The number of carbonyl (C=O) groups is 3. The van der Waals surface area contributed by atoms with E-state index in [-0.39, 0.29) is 12.5 Å². The molecule has 7 heteroatoms. The number of hydrogen-bond donors (Lipinski definition) is 2. The van der Waals surface area contributed by atoms with Crippen molar-refractivity contribution in [2.45, 2.75) is 50.1 Å². The number of nitrogens with zero attached hydrogens (tertiary/aromatic N) is 1. The minimum absolute atomic E-state index is 0.0823. The molecule has 0 heterocycles. The van der Waals surface area contributed by atoms with Crippen molar-refractivity contribution in [3.8, 4) is 11.1 Å². The molecule has 0 aliphatic heterocycles. The van der Waals surface area contributed by atoms with Gasteiger partial charge in [-0.1, -0.05) is 55.5 Å². The molecule has 7 nitrogen and oxygen atoms in total. The maximum Gasteiger partial charge on any atom is 0.408 e. The predicted octanol–water partition coefficient (Wildman–Crippen LogP) is 3.77. The number of hydrogen-bond acceptors (Lipinski definition) is 4. The summed E-state index contributed by atoms with van der Waals surface area (Å²) in [5.41, 5.74) is 2.05. The van der Waals surface area contributed by atoms with Crippen LogP contribution in [0.2, 0.25) is 0 Å². The fourth-order valence-electron chi connectivity index (χ4n) is 4.53. The lowest BCUT2D eigenvalue weighted by Gasteiger charge is -2.35. The molecule has 1 fully saturated rings. The normalized spacial score (nSPS) is 17.5. The molecule has 1 atom stereocenters. The van der Waals surface area contributed by atoms with Crippen LogP contribution < -0.4 is 5.32 Å². The van der Waals surface area contributed by atoms with Crippen molar-refractivity contribution in [3.63, 3.8) is 0 Å². The quantitative estimate of drug-likeness (QED) is 0.689. The van der Waals surface area contributed by atoms with Crippen molar-refractivity contribution in [1.82, 2.24) is 10.2 Å². The fraction of sp³-hybridized carbons (Fsp3) is 0.400. The van der Waals surface area contributed by atoms with Crippen molar-refractivity contribution >= 4 is 18.0 Å². The van der Waals surface area contributed by atoms with Crippen LogP contribution >= 0.6 is 0 Å². The van der Waals surface area contributed by atoms with E-state index < -0.39 is 29.0 Å². The first-order valence-electron chi connectivity index (χ1n) is 10.9. The summed E-state index contributed by atoms with van der Waals surface area (Å²) in [7, 11) is 1.48. The molecule has 168 valence electrons. The summed E-state index contributed by atoms with van der Waals surface area (Å²) in [6.45, 7) is 3.52. The van der Waals surface area contributed by atoms with Crippen LogP contribution in [0.25, 0.3) is 11.1 Å². The minimum atomic E-state index is -1.26. The lowest BCUT2D eigenvalue weighted by atomic mass is 9.96. The molecule has 0 radical (unpaired) electrons. The summed E-state index contributed by atoms with van der Waals surface area (Å²) in [6, 6.07) is 16.1. The first-order chi connectivity index (χ1) is 15.2. The number of ether oxygens (including phenoxy) is 1. The number of aliphatic carboxylic acids is 1. The van der Waals surface area contributed by atoms with E-state index in [1.54, 1.807) is 13.8 Å². The van der Waals surface area contributed by atoms with E-state index in [0.717, 1.165) is 22.3 Å². The second-order valence-electron chi connectivity index (χ2n) is 8.84. The molecule has 2 N–H and O–H groups in total. The van der Waals surface area contributed by atoms with E-state index in [4.69, 9.17) is 4.74 Å². The summed E-state index contributed by atoms with van der Waals surface area (Å²) < 4.78 is 5.58. The largest absolute Gasteiger partial charge is 0.479 e. The number of rotatable bonds is 7. The van der Waals surface area contributed by atoms with Crippen LogP contribution in [0.1, 0.15) is 50.2 Å². The van der Waals surface area contributed by atoms with Crippen LogP contribution in [0.4, 0.5) is 4.79 Å². The second-order valence-corrected chi connectivity index (χ2v) is 8.84. The van der Waals surface area contributed by atoms with Crippen molar-refractivity contribution in [3.05, 3.63) is 59.7 Å². The molecule has 1 unspecified atom stereocenters. The maximum atomic E-state index is 13.1. The molecule has 0 saturated heterocycles. The van der Waals surface area contributed by atoms with Crippen molar-refractivity contribution in [2.24, 2.45) is 0 Å². The topological polar surface area (TPSA) is 95.9 Å². The van der Waals surface area contributed by atoms with Crippen LogP contribution in [0.15, 0.2) is 48.5 Å². The lowest BCUT2D eigenvalue weighted by molar-refractivity contribution is -0.153. The molecular weight excluding hydrogens is 408 g/mol. The molecule has 2 aromatic carbocycles. The number of carboxylic acid groups (broad SMARTS) is 1. The summed E-state index contributed by atoms with van der Waals surface area (Å²) in [5, 5.41) is 12.2. The zero-order valence-electron chi connectivity index (χ0n) is 18.6. The van der Waals surface area contributed by atoms with Crippen molar-refractivity contribution in [2.75, 3.05) is 13.7 Å². The van der Waals surface area contributed by atoms with E-state index in [1.807, 2.05) is 36.4 Å². The number of nitrogens with one attached hydrogen (secondary N) is 1. The van der Waals surface area contributed by atoms with E-state index in [1.165, 1.54) is 11.9 Å². The van der Waals surface area contributed by atoms with Gasteiger partial charge in [-0.25, -0.2) is 9.59 Å². The first-order valence-corrected chi connectivity index (χ1v) is 10.9. The molecule has 0 spiro atoms. The monoisotopic (exact) mass is 436 g/mol. The van der Waals surface area contributed by atoms with Gasteiger partial charge in [0, 0.05) is 13.0 Å². The van der Waals surface area contributed by atoms with Gasteiger partial charge in [0.1, 0.15) is 17.7 Å². The SMILES string of the molecule is CCC(C)(NC(=O)OCC1c2ccccc2-c2ccccc21)C(=O)N(C)C1(C(=O)O)CC1. The molecule has 32 heavy (non-hydrogen) atoms. The Morgan fingerprint density at radius 2 is 1.62 bits per heavy atom. The molecule has 2 aliphatic rings. The van der Waals surface area contributed by atoms with Gasteiger partial charge in [0.2, 0.25) is 5.91 Å². The maximum absolute atomic E-state index is 13.1.